The Morgan fingerprint density at radius 1 is 1.30 bits per heavy atom. The third-order valence-corrected chi connectivity index (χ3v) is 4.45. The van der Waals surface area contributed by atoms with Gasteiger partial charge in [0, 0.05) is 37.3 Å². The van der Waals surface area contributed by atoms with Crippen LogP contribution in [0.25, 0.3) is 0 Å². The summed E-state index contributed by atoms with van der Waals surface area (Å²) >= 11 is 7.38. The Labute approximate surface area is 127 Å². The van der Waals surface area contributed by atoms with Crippen LogP contribution in [0.5, 0.6) is 0 Å². The Bertz CT molecular complexity index is 566. The zero-order valence-electron chi connectivity index (χ0n) is 11.1. The minimum absolute atomic E-state index is 0.595. The van der Waals surface area contributed by atoms with Gasteiger partial charge in [-0.3, -0.25) is 0 Å². The summed E-state index contributed by atoms with van der Waals surface area (Å²) in [6.45, 7) is 4.93. The van der Waals surface area contributed by atoms with Crippen LogP contribution in [0.2, 0.25) is 4.47 Å². The van der Waals surface area contributed by atoms with Crippen molar-refractivity contribution in [3.8, 4) is 0 Å². The van der Waals surface area contributed by atoms with Gasteiger partial charge in [-0.25, -0.2) is 4.98 Å². The molecular weight excluding hydrogens is 292 g/mol. The summed E-state index contributed by atoms with van der Waals surface area (Å²) in [6.07, 6.45) is 1.83. The molecule has 0 atom stereocenters. The first-order valence-electron chi connectivity index (χ1n) is 6.72. The van der Waals surface area contributed by atoms with E-state index in [-0.39, 0.29) is 0 Å². The second kappa shape index (κ2) is 6.43. The standard InChI is InChI=1S/C14H17ClN4S/c15-14-18-10-11(20-14)9-17-12-3-1-2-4-13(12)19-7-5-16-6-8-19/h1-4,10,16-17H,5-9H2. The number of rotatable bonds is 4. The third-order valence-electron chi connectivity index (χ3n) is 3.34. The number of nitrogens with one attached hydrogen (secondary N) is 2. The number of hydrogen-bond acceptors (Lipinski definition) is 5. The highest BCUT2D eigenvalue weighted by Gasteiger charge is 2.13. The van der Waals surface area contributed by atoms with E-state index in [2.05, 4.69) is 44.8 Å². The number of nitrogens with zero attached hydrogens (tertiary/aromatic N) is 2. The molecule has 4 nitrogen and oxygen atoms in total. The molecule has 0 spiro atoms. The topological polar surface area (TPSA) is 40.2 Å². The maximum Gasteiger partial charge on any atom is 0.183 e. The first-order valence-corrected chi connectivity index (χ1v) is 7.91. The van der Waals surface area contributed by atoms with E-state index in [1.54, 1.807) is 0 Å². The zero-order chi connectivity index (χ0) is 13.8. The van der Waals surface area contributed by atoms with Crippen molar-refractivity contribution in [1.82, 2.24) is 10.3 Å². The fourth-order valence-corrected chi connectivity index (χ4v) is 3.27. The van der Waals surface area contributed by atoms with Gasteiger partial charge in [-0.05, 0) is 12.1 Å². The molecule has 0 bridgehead atoms. The summed E-state index contributed by atoms with van der Waals surface area (Å²) in [5.41, 5.74) is 2.43. The van der Waals surface area contributed by atoms with Crippen molar-refractivity contribution < 1.29 is 0 Å². The number of aromatic nitrogens is 1. The van der Waals surface area contributed by atoms with Gasteiger partial charge < -0.3 is 15.5 Å². The molecule has 1 aromatic carbocycles. The quantitative estimate of drug-likeness (QED) is 0.911. The first kappa shape index (κ1) is 13.7. The Balaban J connectivity index is 1.72. The maximum atomic E-state index is 5.86. The molecule has 20 heavy (non-hydrogen) atoms. The van der Waals surface area contributed by atoms with Crippen LogP contribution in [0, 0.1) is 0 Å². The van der Waals surface area contributed by atoms with E-state index in [1.807, 2.05) is 6.20 Å². The fourth-order valence-electron chi connectivity index (χ4n) is 2.35. The molecule has 3 rings (SSSR count). The van der Waals surface area contributed by atoms with Gasteiger partial charge in [-0.15, -0.1) is 11.3 Å². The van der Waals surface area contributed by atoms with Gasteiger partial charge in [-0.2, -0.15) is 0 Å². The molecule has 106 valence electrons. The van der Waals surface area contributed by atoms with E-state index >= 15 is 0 Å². The van der Waals surface area contributed by atoms with Crippen molar-refractivity contribution in [3.63, 3.8) is 0 Å². The third kappa shape index (κ3) is 3.23. The Kier molecular flexibility index (Phi) is 4.40. The molecule has 1 aliphatic heterocycles. The van der Waals surface area contributed by atoms with Gasteiger partial charge in [0.25, 0.3) is 0 Å². The lowest BCUT2D eigenvalue weighted by atomic mass is 10.2. The molecule has 0 radical (unpaired) electrons. The summed E-state index contributed by atoms with van der Waals surface area (Å²) in [5, 5.41) is 6.87. The van der Waals surface area contributed by atoms with Gasteiger partial charge in [0.15, 0.2) is 4.47 Å². The summed E-state index contributed by atoms with van der Waals surface area (Å²) in [4.78, 5) is 7.63. The Hall–Kier alpha value is -1.30. The number of anilines is 2. The van der Waals surface area contributed by atoms with Crippen LogP contribution in [-0.4, -0.2) is 31.2 Å². The van der Waals surface area contributed by atoms with Crippen LogP contribution in [-0.2, 0) is 6.54 Å². The van der Waals surface area contributed by atoms with Gasteiger partial charge in [0.1, 0.15) is 0 Å². The van der Waals surface area contributed by atoms with Crippen molar-refractivity contribution >= 4 is 34.3 Å². The lowest BCUT2D eigenvalue weighted by Gasteiger charge is -2.31. The molecular formula is C14H17ClN4S. The smallest absolute Gasteiger partial charge is 0.183 e. The van der Waals surface area contributed by atoms with Crippen LogP contribution >= 0.6 is 22.9 Å². The summed E-state index contributed by atoms with van der Waals surface area (Å²) in [7, 11) is 0. The van der Waals surface area contributed by atoms with Crippen LogP contribution in [0.15, 0.2) is 30.5 Å². The van der Waals surface area contributed by atoms with E-state index in [9.17, 15) is 0 Å². The van der Waals surface area contributed by atoms with Crippen LogP contribution < -0.4 is 15.5 Å². The van der Waals surface area contributed by atoms with E-state index in [1.165, 1.54) is 22.7 Å². The number of halogens is 1. The van der Waals surface area contributed by atoms with Crippen LogP contribution in [0.3, 0.4) is 0 Å². The lowest BCUT2D eigenvalue weighted by molar-refractivity contribution is 0.589. The second-order valence-electron chi connectivity index (χ2n) is 4.69. The Morgan fingerprint density at radius 3 is 2.85 bits per heavy atom. The van der Waals surface area contributed by atoms with Gasteiger partial charge in [-0.1, -0.05) is 23.7 Å². The summed E-state index contributed by atoms with van der Waals surface area (Å²) < 4.78 is 0.595. The molecule has 0 amide bonds. The molecule has 1 aliphatic rings. The van der Waals surface area contributed by atoms with Crippen molar-refractivity contribution in [2.45, 2.75) is 6.54 Å². The normalized spacial score (nSPS) is 15.3. The molecule has 0 unspecified atom stereocenters. The van der Waals surface area contributed by atoms with Crippen molar-refractivity contribution in [2.75, 3.05) is 36.4 Å². The second-order valence-corrected chi connectivity index (χ2v) is 6.38. The van der Waals surface area contributed by atoms with Gasteiger partial charge in [0.05, 0.1) is 17.9 Å². The molecule has 1 fully saturated rings. The number of piperazine rings is 1. The molecule has 2 aromatic rings. The monoisotopic (exact) mass is 308 g/mol. The average Bonchev–Trinajstić information content (AvgIpc) is 2.92. The van der Waals surface area contributed by atoms with Crippen LogP contribution in [0.4, 0.5) is 11.4 Å². The van der Waals surface area contributed by atoms with Gasteiger partial charge in [0.2, 0.25) is 0 Å². The molecule has 0 saturated carbocycles. The largest absolute Gasteiger partial charge is 0.378 e. The average molecular weight is 309 g/mol. The van der Waals surface area contributed by atoms with E-state index in [0.29, 0.717) is 4.47 Å². The molecule has 1 saturated heterocycles. The predicted octanol–water partition coefficient (Wildman–Crippen LogP) is 2.82. The number of hydrogen-bond donors (Lipinski definition) is 2. The highest BCUT2D eigenvalue weighted by atomic mass is 35.5. The van der Waals surface area contributed by atoms with E-state index in [0.717, 1.165) is 37.6 Å². The van der Waals surface area contributed by atoms with E-state index in [4.69, 9.17) is 11.6 Å². The molecule has 2 heterocycles. The highest BCUT2D eigenvalue weighted by molar-refractivity contribution is 7.15. The minimum Gasteiger partial charge on any atom is -0.378 e. The summed E-state index contributed by atoms with van der Waals surface area (Å²) in [6, 6.07) is 8.45. The SMILES string of the molecule is Clc1ncc(CNc2ccccc2N2CCNCC2)s1. The van der Waals surface area contributed by atoms with E-state index < -0.39 is 0 Å². The number of para-hydroxylation sites is 2. The predicted molar refractivity (Wildman–Crippen MR) is 86.0 cm³/mol. The molecule has 1 aromatic heterocycles. The van der Waals surface area contributed by atoms with Gasteiger partial charge >= 0.3 is 0 Å². The minimum atomic E-state index is 0.595. The van der Waals surface area contributed by atoms with Crippen molar-refractivity contribution in [3.05, 3.63) is 39.8 Å². The maximum absolute atomic E-state index is 5.86. The first-order chi connectivity index (χ1) is 9.83. The number of thiazole rings is 1. The zero-order valence-corrected chi connectivity index (χ0v) is 12.7. The highest BCUT2D eigenvalue weighted by Crippen LogP contribution is 2.27. The number of benzene rings is 1. The molecule has 6 heteroatoms. The Morgan fingerprint density at radius 2 is 2.10 bits per heavy atom. The molecule has 2 N–H and O–H groups in total. The van der Waals surface area contributed by atoms with Crippen LogP contribution in [0.1, 0.15) is 4.88 Å². The fraction of sp³-hybridized carbons (Fsp3) is 0.357. The summed E-state index contributed by atoms with van der Waals surface area (Å²) in [5.74, 6) is 0. The van der Waals surface area contributed by atoms with Crippen molar-refractivity contribution in [1.29, 1.82) is 0 Å². The lowest BCUT2D eigenvalue weighted by Crippen LogP contribution is -2.43. The van der Waals surface area contributed by atoms with Crippen molar-refractivity contribution in [2.24, 2.45) is 0 Å². The molecule has 0 aliphatic carbocycles.